The molecule has 9 nitrogen and oxygen atoms in total. The highest BCUT2D eigenvalue weighted by atomic mass is 16.7. The van der Waals surface area contributed by atoms with E-state index in [2.05, 4.69) is 4.90 Å². The first-order valence-electron chi connectivity index (χ1n) is 9.52. The van der Waals surface area contributed by atoms with E-state index in [0.29, 0.717) is 0 Å². The summed E-state index contributed by atoms with van der Waals surface area (Å²) in [4.78, 5) is 21.7. The fourth-order valence-corrected chi connectivity index (χ4v) is 4.56. The summed E-state index contributed by atoms with van der Waals surface area (Å²) >= 11 is 0. The third-order valence-corrected chi connectivity index (χ3v) is 5.82. The molecule has 1 aromatic rings. The van der Waals surface area contributed by atoms with Gasteiger partial charge in [-0.1, -0.05) is 11.6 Å². The lowest BCUT2D eigenvalue weighted by molar-refractivity contribution is -0.143. The molecule has 4 aliphatic rings. The maximum Gasteiger partial charge on any atom is 0.303 e. The first kappa shape index (κ1) is 19.7. The molecule has 1 aliphatic carbocycles. The molecule has 1 fully saturated rings. The fraction of sp³-hybridized carbons (Fsp3) is 0.500. The van der Waals surface area contributed by atoms with Gasteiger partial charge in [0, 0.05) is 25.0 Å². The van der Waals surface area contributed by atoms with E-state index in [0.717, 1.165) is 36.6 Å². The second-order valence-electron chi connectivity index (χ2n) is 7.61. The Balaban J connectivity index is 0.000000221. The predicted octanol–water partition coefficient (Wildman–Crippen LogP) is 0.684. The van der Waals surface area contributed by atoms with E-state index in [1.165, 1.54) is 11.1 Å². The molecule has 9 heteroatoms. The summed E-state index contributed by atoms with van der Waals surface area (Å²) in [5, 5.41) is 36.5. The number of fused-ring (bicyclic) bond motifs is 3. The van der Waals surface area contributed by atoms with Crippen molar-refractivity contribution in [1.82, 2.24) is 4.90 Å². The Labute approximate surface area is 166 Å². The maximum atomic E-state index is 10.5. The molecular formula is C20H23NO8. The fourth-order valence-electron chi connectivity index (χ4n) is 4.56. The van der Waals surface area contributed by atoms with Crippen LogP contribution in [0.3, 0.4) is 0 Å². The Bertz CT molecular complexity index is 852. The lowest BCUT2D eigenvalue weighted by atomic mass is 9.73. The molecule has 5 rings (SSSR count). The number of carboxylic acid groups (broad SMARTS) is 2. The van der Waals surface area contributed by atoms with Crippen molar-refractivity contribution >= 4 is 11.9 Å². The van der Waals surface area contributed by atoms with E-state index in [4.69, 9.17) is 19.7 Å². The first-order valence-corrected chi connectivity index (χ1v) is 9.52. The van der Waals surface area contributed by atoms with E-state index in [9.17, 15) is 19.8 Å². The van der Waals surface area contributed by atoms with Crippen LogP contribution in [0.15, 0.2) is 23.8 Å². The van der Waals surface area contributed by atoms with Crippen LogP contribution in [0.4, 0.5) is 0 Å². The molecule has 0 aromatic heterocycles. The van der Waals surface area contributed by atoms with Crippen LogP contribution < -0.4 is 9.47 Å². The summed E-state index contributed by atoms with van der Waals surface area (Å²) in [5.41, 5.74) is 3.54. The van der Waals surface area contributed by atoms with Crippen molar-refractivity contribution in [3.63, 3.8) is 0 Å². The van der Waals surface area contributed by atoms with Crippen LogP contribution in [0.2, 0.25) is 0 Å². The van der Waals surface area contributed by atoms with Crippen molar-refractivity contribution < 1.29 is 39.5 Å². The zero-order valence-electron chi connectivity index (χ0n) is 15.7. The smallest absolute Gasteiger partial charge is 0.303 e. The summed E-state index contributed by atoms with van der Waals surface area (Å²) in [6.45, 7) is 2.11. The molecule has 156 valence electrons. The van der Waals surface area contributed by atoms with Crippen molar-refractivity contribution in [2.75, 3.05) is 13.3 Å². The van der Waals surface area contributed by atoms with E-state index in [1.54, 1.807) is 0 Å². The van der Waals surface area contributed by atoms with Crippen LogP contribution in [0.1, 0.15) is 36.3 Å². The van der Waals surface area contributed by atoms with Crippen molar-refractivity contribution in [1.29, 1.82) is 0 Å². The minimum absolute atomic E-state index is 0.0826. The Kier molecular flexibility index (Phi) is 5.20. The van der Waals surface area contributed by atoms with E-state index >= 15 is 0 Å². The summed E-state index contributed by atoms with van der Waals surface area (Å²) in [7, 11) is 0. The molecule has 0 saturated carbocycles. The van der Waals surface area contributed by atoms with Crippen LogP contribution in [0, 0.1) is 0 Å². The van der Waals surface area contributed by atoms with Gasteiger partial charge in [0.1, 0.15) is 0 Å². The predicted molar refractivity (Wildman–Crippen MR) is 98.7 cm³/mol. The van der Waals surface area contributed by atoms with Gasteiger partial charge in [0.15, 0.2) is 11.5 Å². The number of carboxylic acids is 2. The van der Waals surface area contributed by atoms with E-state index in [1.807, 2.05) is 18.2 Å². The van der Waals surface area contributed by atoms with Gasteiger partial charge in [0.2, 0.25) is 6.79 Å². The van der Waals surface area contributed by atoms with Crippen LogP contribution >= 0.6 is 0 Å². The number of rotatable bonds is 3. The molecule has 4 N–H and O–H groups in total. The van der Waals surface area contributed by atoms with Crippen molar-refractivity contribution in [2.45, 2.75) is 50.0 Å². The normalized spacial score (nSPS) is 28.6. The number of ether oxygens (including phenoxy) is 2. The Morgan fingerprint density at radius 2 is 1.72 bits per heavy atom. The molecule has 3 aliphatic heterocycles. The SMILES string of the molecule is O=C(O)CCC(=O)O.O[C@H]1[C@H]2c3cc4c(cc3CN3CCC(=C[C@@H]1O)[C@H]23)OCO4. The minimum atomic E-state index is -1.08. The number of carbonyl (C=O) groups is 2. The number of aliphatic hydroxyl groups excluding tert-OH is 2. The van der Waals surface area contributed by atoms with Crippen LogP contribution in [0.25, 0.3) is 0 Å². The minimum Gasteiger partial charge on any atom is -0.481 e. The van der Waals surface area contributed by atoms with Gasteiger partial charge in [-0.25, -0.2) is 0 Å². The average Bonchev–Trinajstić information content (AvgIpc) is 3.29. The summed E-state index contributed by atoms with van der Waals surface area (Å²) in [6, 6.07) is 4.25. The maximum absolute atomic E-state index is 10.5. The van der Waals surface area contributed by atoms with Gasteiger partial charge in [0.05, 0.1) is 25.0 Å². The lowest BCUT2D eigenvalue weighted by Crippen LogP contribution is -2.49. The molecule has 0 unspecified atom stereocenters. The Morgan fingerprint density at radius 1 is 1.07 bits per heavy atom. The highest BCUT2D eigenvalue weighted by Gasteiger charge is 2.48. The number of hydrogen-bond donors (Lipinski definition) is 4. The van der Waals surface area contributed by atoms with Crippen molar-refractivity contribution in [2.24, 2.45) is 0 Å². The van der Waals surface area contributed by atoms with Crippen LogP contribution in [0.5, 0.6) is 11.5 Å². The molecule has 0 bridgehead atoms. The van der Waals surface area contributed by atoms with Crippen LogP contribution in [-0.4, -0.2) is 68.9 Å². The van der Waals surface area contributed by atoms with Gasteiger partial charge in [-0.15, -0.1) is 0 Å². The third-order valence-electron chi connectivity index (χ3n) is 5.82. The molecular weight excluding hydrogens is 382 g/mol. The van der Waals surface area contributed by atoms with Crippen molar-refractivity contribution in [3.8, 4) is 11.5 Å². The van der Waals surface area contributed by atoms with Crippen LogP contribution in [-0.2, 0) is 16.1 Å². The summed E-state index contributed by atoms with van der Waals surface area (Å²) < 4.78 is 10.9. The molecule has 1 aromatic carbocycles. The lowest BCUT2D eigenvalue weighted by Gasteiger charge is -2.44. The molecule has 0 amide bonds. The van der Waals surface area contributed by atoms with Gasteiger partial charge >= 0.3 is 11.9 Å². The summed E-state index contributed by atoms with van der Waals surface area (Å²) in [5.74, 6) is -0.702. The molecule has 3 heterocycles. The number of hydrogen-bond acceptors (Lipinski definition) is 7. The zero-order chi connectivity index (χ0) is 20.7. The number of aliphatic hydroxyl groups is 2. The van der Waals surface area contributed by atoms with Gasteiger partial charge in [0.25, 0.3) is 0 Å². The number of aliphatic carboxylic acids is 2. The second kappa shape index (κ2) is 7.66. The monoisotopic (exact) mass is 405 g/mol. The van der Waals surface area contributed by atoms with Gasteiger partial charge in [-0.05, 0) is 29.7 Å². The molecule has 4 atom stereocenters. The van der Waals surface area contributed by atoms with E-state index < -0.39 is 24.1 Å². The number of benzene rings is 1. The van der Waals surface area contributed by atoms with Gasteiger partial charge in [-0.2, -0.15) is 0 Å². The third kappa shape index (κ3) is 3.68. The van der Waals surface area contributed by atoms with Crippen molar-refractivity contribution in [3.05, 3.63) is 34.9 Å². The highest BCUT2D eigenvalue weighted by Crippen LogP contribution is 2.49. The Morgan fingerprint density at radius 3 is 2.38 bits per heavy atom. The van der Waals surface area contributed by atoms with E-state index in [-0.39, 0.29) is 31.6 Å². The zero-order valence-corrected chi connectivity index (χ0v) is 15.7. The topological polar surface area (TPSA) is 137 Å². The summed E-state index contributed by atoms with van der Waals surface area (Å²) in [6.07, 6.45) is 0.691. The molecule has 0 spiro atoms. The second-order valence-corrected chi connectivity index (χ2v) is 7.61. The number of nitrogens with zero attached hydrogens (tertiary/aromatic N) is 1. The molecule has 1 saturated heterocycles. The van der Waals surface area contributed by atoms with Gasteiger partial charge in [-0.3, -0.25) is 14.5 Å². The average molecular weight is 405 g/mol. The first-order chi connectivity index (χ1) is 13.8. The molecule has 0 radical (unpaired) electrons. The standard InChI is InChI=1S/C16H17NO4.C4H6O4/c18-11-3-8-1-2-17-6-9-4-12-13(21-7-20-12)5-10(9)14(15(8)17)16(11)19;5-3(6)1-2-4(7)8/h3-5,11,14-16,18-19H,1-2,6-7H2;1-2H2,(H,5,6)(H,7,8)/t11-,14-,15+,16+;/m0./s1. The quantitative estimate of drug-likeness (QED) is 0.535. The molecule has 29 heavy (non-hydrogen) atoms. The Hall–Kier alpha value is -2.62. The highest BCUT2D eigenvalue weighted by molar-refractivity contribution is 5.75. The van der Waals surface area contributed by atoms with Gasteiger partial charge < -0.3 is 29.9 Å². The largest absolute Gasteiger partial charge is 0.481 e.